The number of halogens is 1. The molecule has 0 unspecified atom stereocenters. The number of hydrogen-bond donors (Lipinski definition) is 2. The van der Waals surface area contributed by atoms with Crippen molar-refractivity contribution in [1.82, 2.24) is 0 Å². The van der Waals surface area contributed by atoms with E-state index in [0.717, 1.165) is 4.47 Å². The highest BCUT2D eigenvalue weighted by Crippen LogP contribution is 2.29. The Morgan fingerprint density at radius 1 is 1.10 bits per heavy atom. The van der Waals surface area contributed by atoms with E-state index in [1.54, 1.807) is 18.2 Å². The van der Waals surface area contributed by atoms with Crippen molar-refractivity contribution < 1.29 is 15.0 Å². The molecule has 0 heterocycles. The molecule has 0 atom stereocenters. The average molecular weight is 335 g/mol. The van der Waals surface area contributed by atoms with E-state index in [1.165, 1.54) is 12.1 Å². The van der Waals surface area contributed by atoms with Crippen LogP contribution in [0.1, 0.15) is 5.56 Å². The fourth-order valence-electron chi connectivity index (χ4n) is 1.55. The molecule has 6 heteroatoms. The third-order valence-corrected chi connectivity index (χ3v) is 3.02. The van der Waals surface area contributed by atoms with Gasteiger partial charge in [-0.2, -0.15) is 5.11 Å². The van der Waals surface area contributed by atoms with E-state index in [9.17, 15) is 9.90 Å². The normalized spacial score (nSPS) is 10.8. The molecule has 5 nitrogen and oxygen atoms in total. The van der Waals surface area contributed by atoms with Crippen molar-refractivity contribution in [2.45, 2.75) is 6.42 Å². The van der Waals surface area contributed by atoms with Gasteiger partial charge in [0.15, 0.2) is 0 Å². The first-order valence-electron chi connectivity index (χ1n) is 5.75. The van der Waals surface area contributed by atoms with Crippen LogP contribution in [0.3, 0.4) is 0 Å². The maximum Gasteiger partial charge on any atom is 0.307 e. The van der Waals surface area contributed by atoms with Gasteiger partial charge in [0.2, 0.25) is 0 Å². The van der Waals surface area contributed by atoms with E-state index in [2.05, 4.69) is 26.2 Å². The maximum absolute atomic E-state index is 10.7. The molecule has 0 saturated heterocycles. The second-order valence-electron chi connectivity index (χ2n) is 4.07. The molecule has 0 aliphatic carbocycles. The molecule has 2 aromatic rings. The molecule has 2 N–H and O–H groups in total. The molecule has 0 amide bonds. The highest BCUT2D eigenvalue weighted by Gasteiger charge is 2.05. The quantitative estimate of drug-likeness (QED) is 0.822. The fourth-order valence-corrected chi connectivity index (χ4v) is 1.82. The van der Waals surface area contributed by atoms with Crippen molar-refractivity contribution >= 4 is 33.3 Å². The van der Waals surface area contributed by atoms with Gasteiger partial charge < -0.3 is 10.2 Å². The second-order valence-corrected chi connectivity index (χ2v) is 4.99. The minimum absolute atomic E-state index is 0.0417. The SMILES string of the molecule is O=C(O)Cc1ccc(O)c(N=Nc2ccc(Br)cc2)c1. The molecule has 102 valence electrons. The summed E-state index contributed by atoms with van der Waals surface area (Å²) in [6.07, 6.45) is -0.124. The Morgan fingerprint density at radius 3 is 2.45 bits per heavy atom. The number of aromatic hydroxyl groups is 1. The van der Waals surface area contributed by atoms with Gasteiger partial charge in [-0.15, -0.1) is 5.11 Å². The molecule has 0 aliphatic rings. The van der Waals surface area contributed by atoms with Crippen LogP contribution in [-0.4, -0.2) is 16.2 Å². The van der Waals surface area contributed by atoms with Gasteiger partial charge in [-0.25, -0.2) is 0 Å². The Morgan fingerprint density at radius 2 is 1.80 bits per heavy atom. The number of carboxylic acids is 1. The summed E-state index contributed by atoms with van der Waals surface area (Å²) in [5.41, 5.74) is 1.43. The highest BCUT2D eigenvalue weighted by molar-refractivity contribution is 9.10. The third kappa shape index (κ3) is 3.89. The van der Waals surface area contributed by atoms with Crippen molar-refractivity contribution in [3.8, 4) is 5.75 Å². The zero-order valence-corrected chi connectivity index (χ0v) is 11.9. The molecule has 0 aromatic heterocycles. The van der Waals surface area contributed by atoms with Gasteiger partial charge in [0.05, 0.1) is 12.1 Å². The lowest BCUT2D eigenvalue weighted by Crippen LogP contribution is -1.99. The van der Waals surface area contributed by atoms with E-state index >= 15 is 0 Å². The smallest absolute Gasteiger partial charge is 0.307 e. The first-order valence-corrected chi connectivity index (χ1v) is 6.55. The number of hydrogen-bond acceptors (Lipinski definition) is 4. The van der Waals surface area contributed by atoms with Crippen LogP contribution < -0.4 is 0 Å². The van der Waals surface area contributed by atoms with E-state index in [-0.39, 0.29) is 17.9 Å². The monoisotopic (exact) mass is 334 g/mol. The standard InChI is InChI=1S/C14H11BrN2O3/c15-10-2-4-11(5-3-10)16-17-12-7-9(8-14(19)20)1-6-13(12)18/h1-7,18H,8H2,(H,19,20). The van der Waals surface area contributed by atoms with Crippen LogP contribution in [0.25, 0.3) is 0 Å². The largest absolute Gasteiger partial charge is 0.506 e. The summed E-state index contributed by atoms with van der Waals surface area (Å²) in [5, 5.41) is 26.4. The molecule has 0 aliphatic heterocycles. The summed E-state index contributed by atoms with van der Waals surface area (Å²) in [4.78, 5) is 10.7. The molecule has 0 saturated carbocycles. The van der Waals surface area contributed by atoms with Gasteiger partial charge in [0.25, 0.3) is 0 Å². The Labute approximate surface area is 123 Å². The van der Waals surface area contributed by atoms with Gasteiger partial charge in [-0.3, -0.25) is 4.79 Å². The van der Waals surface area contributed by atoms with Gasteiger partial charge in [0, 0.05) is 4.47 Å². The van der Waals surface area contributed by atoms with Crippen LogP contribution in [0.2, 0.25) is 0 Å². The van der Waals surface area contributed by atoms with Crippen molar-refractivity contribution in [2.75, 3.05) is 0 Å². The number of carboxylic acid groups (broad SMARTS) is 1. The van der Waals surface area contributed by atoms with Crippen molar-refractivity contribution in [2.24, 2.45) is 10.2 Å². The number of phenolic OH excluding ortho intramolecular Hbond substituents is 1. The number of rotatable bonds is 4. The van der Waals surface area contributed by atoms with Crippen molar-refractivity contribution in [1.29, 1.82) is 0 Å². The lowest BCUT2D eigenvalue weighted by atomic mass is 10.1. The third-order valence-electron chi connectivity index (χ3n) is 2.50. The van der Waals surface area contributed by atoms with Crippen LogP contribution in [0.5, 0.6) is 5.75 Å². The molecule has 2 rings (SSSR count). The summed E-state index contributed by atoms with van der Waals surface area (Å²) in [6.45, 7) is 0. The van der Waals surface area contributed by atoms with E-state index in [0.29, 0.717) is 11.3 Å². The van der Waals surface area contributed by atoms with E-state index < -0.39 is 5.97 Å². The molecule has 0 fully saturated rings. The summed E-state index contributed by atoms with van der Waals surface area (Å²) in [5.74, 6) is -0.980. The van der Waals surface area contributed by atoms with Gasteiger partial charge in [0.1, 0.15) is 11.4 Å². The number of benzene rings is 2. The first kappa shape index (κ1) is 14.2. The first-order chi connectivity index (χ1) is 9.54. The van der Waals surface area contributed by atoms with Crippen molar-refractivity contribution in [3.63, 3.8) is 0 Å². The number of nitrogens with zero attached hydrogens (tertiary/aromatic N) is 2. The van der Waals surface area contributed by atoms with Crippen LogP contribution >= 0.6 is 15.9 Å². The Bertz CT molecular complexity index is 654. The topological polar surface area (TPSA) is 82.2 Å². The van der Waals surface area contributed by atoms with Gasteiger partial charge in [-0.05, 0) is 42.0 Å². The second kappa shape index (κ2) is 6.29. The fraction of sp³-hybridized carbons (Fsp3) is 0.0714. The van der Waals surface area contributed by atoms with Crippen LogP contribution in [0.15, 0.2) is 57.2 Å². The lowest BCUT2D eigenvalue weighted by molar-refractivity contribution is -0.136. The molecular formula is C14H11BrN2O3. The van der Waals surface area contributed by atoms with Crippen LogP contribution in [-0.2, 0) is 11.2 Å². The van der Waals surface area contributed by atoms with Gasteiger partial charge in [-0.1, -0.05) is 22.0 Å². The molecule has 20 heavy (non-hydrogen) atoms. The minimum atomic E-state index is -0.938. The van der Waals surface area contributed by atoms with E-state index in [1.807, 2.05) is 12.1 Å². The average Bonchev–Trinajstić information content (AvgIpc) is 2.40. The Hall–Kier alpha value is -2.21. The summed E-state index contributed by atoms with van der Waals surface area (Å²) in [6, 6.07) is 11.7. The van der Waals surface area contributed by atoms with E-state index in [4.69, 9.17) is 5.11 Å². The maximum atomic E-state index is 10.7. The van der Waals surface area contributed by atoms with Crippen molar-refractivity contribution in [3.05, 3.63) is 52.5 Å². The molecule has 0 radical (unpaired) electrons. The number of azo groups is 1. The highest BCUT2D eigenvalue weighted by atomic mass is 79.9. The summed E-state index contributed by atoms with van der Waals surface area (Å²) >= 11 is 3.32. The molecule has 0 spiro atoms. The zero-order chi connectivity index (χ0) is 14.5. The van der Waals surface area contributed by atoms with Crippen LogP contribution in [0.4, 0.5) is 11.4 Å². The molecular weight excluding hydrogens is 324 g/mol. The zero-order valence-electron chi connectivity index (χ0n) is 10.3. The number of aliphatic carboxylic acids is 1. The summed E-state index contributed by atoms with van der Waals surface area (Å²) in [7, 11) is 0. The Kier molecular flexibility index (Phi) is 4.47. The predicted molar refractivity (Wildman–Crippen MR) is 77.8 cm³/mol. The lowest BCUT2D eigenvalue weighted by Gasteiger charge is -2.01. The minimum Gasteiger partial charge on any atom is -0.506 e. The Balaban J connectivity index is 2.23. The molecule has 0 bridgehead atoms. The van der Waals surface area contributed by atoms with Crippen LogP contribution in [0, 0.1) is 0 Å². The predicted octanol–water partition coefficient (Wildman–Crippen LogP) is 4.20. The number of phenols is 1. The number of carbonyl (C=O) groups is 1. The van der Waals surface area contributed by atoms with Gasteiger partial charge >= 0.3 is 5.97 Å². The molecule has 2 aromatic carbocycles. The summed E-state index contributed by atoms with van der Waals surface area (Å²) < 4.78 is 0.933.